The number of anilines is 1. The predicted octanol–water partition coefficient (Wildman–Crippen LogP) is 5.89. The van der Waals surface area contributed by atoms with Crippen LogP contribution >= 0.6 is 0 Å². The van der Waals surface area contributed by atoms with Gasteiger partial charge in [-0.1, -0.05) is 61.5 Å². The van der Waals surface area contributed by atoms with Crippen molar-refractivity contribution in [3.8, 4) is 0 Å². The molecule has 1 aliphatic carbocycles. The van der Waals surface area contributed by atoms with Crippen LogP contribution in [0.25, 0.3) is 10.8 Å². The van der Waals surface area contributed by atoms with Crippen LogP contribution in [-0.4, -0.2) is 16.9 Å². The van der Waals surface area contributed by atoms with Crippen LogP contribution in [0.15, 0.2) is 77.3 Å². The topological polar surface area (TPSA) is 46.5 Å². The number of aromatic nitrogens is 1. The number of fused-ring (bicyclic) bond motifs is 1. The van der Waals surface area contributed by atoms with Crippen LogP contribution in [0.4, 0.5) is 5.82 Å². The van der Waals surface area contributed by atoms with Crippen LogP contribution in [0.1, 0.15) is 37.4 Å². The van der Waals surface area contributed by atoms with Crippen LogP contribution in [-0.2, 0) is 18.0 Å². The van der Waals surface area contributed by atoms with Crippen molar-refractivity contribution < 1.29 is 4.74 Å². The van der Waals surface area contributed by atoms with E-state index in [1.807, 2.05) is 18.2 Å². The molecule has 4 heteroatoms. The fourth-order valence-electron chi connectivity index (χ4n) is 4.13. The van der Waals surface area contributed by atoms with Crippen LogP contribution in [0.3, 0.4) is 0 Å². The zero-order valence-electron chi connectivity index (χ0n) is 17.3. The third-order valence-electron chi connectivity index (χ3n) is 5.82. The lowest BCUT2D eigenvalue weighted by molar-refractivity contribution is 0.105. The summed E-state index contributed by atoms with van der Waals surface area (Å²) in [6.07, 6.45) is 5.91. The summed E-state index contributed by atoms with van der Waals surface area (Å²) in [6, 6.07) is 21.0. The van der Waals surface area contributed by atoms with E-state index >= 15 is 0 Å². The molecule has 1 unspecified atom stereocenters. The van der Waals surface area contributed by atoms with Gasteiger partial charge in [-0.2, -0.15) is 0 Å². The maximum Gasteiger partial charge on any atom is 0.139 e. The lowest BCUT2D eigenvalue weighted by Gasteiger charge is -2.11. The van der Waals surface area contributed by atoms with Crippen molar-refractivity contribution in [2.75, 3.05) is 5.32 Å². The van der Waals surface area contributed by atoms with E-state index in [9.17, 15) is 0 Å². The summed E-state index contributed by atoms with van der Waals surface area (Å²) in [5, 5.41) is 5.78. The van der Waals surface area contributed by atoms with Gasteiger partial charge in [0.2, 0.25) is 0 Å². The van der Waals surface area contributed by atoms with Crippen molar-refractivity contribution in [1.29, 1.82) is 0 Å². The Morgan fingerprint density at radius 2 is 1.80 bits per heavy atom. The fraction of sp³-hybridized carbons (Fsp3) is 0.308. The van der Waals surface area contributed by atoms with E-state index in [1.54, 1.807) is 0 Å². The van der Waals surface area contributed by atoms with Gasteiger partial charge in [-0.15, -0.1) is 0 Å². The normalized spacial score (nSPS) is 18.4. The molecule has 3 aromatic rings. The first kappa shape index (κ1) is 19.0. The highest BCUT2D eigenvalue weighted by Crippen LogP contribution is 2.41. The molecule has 2 heterocycles. The van der Waals surface area contributed by atoms with E-state index in [0.29, 0.717) is 19.3 Å². The zero-order chi connectivity index (χ0) is 20.3. The van der Waals surface area contributed by atoms with Crippen LogP contribution in [0.5, 0.6) is 0 Å². The van der Waals surface area contributed by atoms with E-state index in [2.05, 4.69) is 60.8 Å². The average Bonchev–Trinajstić information content (AvgIpc) is 3.55. The van der Waals surface area contributed by atoms with Crippen molar-refractivity contribution in [3.05, 3.63) is 83.6 Å². The van der Waals surface area contributed by atoms with Crippen molar-refractivity contribution in [2.45, 2.75) is 45.4 Å². The number of aliphatic imine (C=N–C) groups is 1. The van der Waals surface area contributed by atoms with Crippen molar-refractivity contribution in [1.82, 2.24) is 4.98 Å². The molecule has 1 aliphatic heterocycles. The van der Waals surface area contributed by atoms with Crippen LogP contribution in [0, 0.1) is 5.92 Å². The number of amidine groups is 1. The molecule has 152 valence electrons. The van der Waals surface area contributed by atoms with E-state index < -0.39 is 0 Å². The number of hydrogen-bond acceptors (Lipinski definition) is 4. The van der Waals surface area contributed by atoms with Crippen LogP contribution < -0.4 is 5.32 Å². The van der Waals surface area contributed by atoms with Gasteiger partial charge in [0.05, 0.1) is 24.9 Å². The molecule has 0 saturated heterocycles. The Bertz CT molecular complexity index is 1100. The van der Waals surface area contributed by atoms with Gasteiger partial charge in [-0.3, -0.25) is 4.99 Å². The number of nitrogens with one attached hydrogen (secondary N) is 1. The number of rotatable bonds is 7. The summed E-state index contributed by atoms with van der Waals surface area (Å²) < 4.78 is 5.94. The zero-order valence-corrected chi connectivity index (χ0v) is 17.3. The minimum atomic E-state index is 0.323. The Hall–Kier alpha value is -2.98. The number of pyridine rings is 1. The van der Waals surface area contributed by atoms with Gasteiger partial charge in [0.1, 0.15) is 11.7 Å². The fourth-order valence-corrected chi connectivity index (χ4v) is 4.13. The molecule has 1 N–H and O–H groups in total. The number of ether oxygens (including phenoxy) is 1. The molecule has 2 aromatic carbocycles. The third kappa shape index (κ3) is 4.14. The van der Waals surface area contributed by atoms with Crippen molar-refractivity contribution in [2.24, 2.45) is 10.9 Å². The summed E-state index contributed by atoms with van der Waals surface area (Å²) >= 11 is 0. The minimum Gasteiger partial charge on any atom is -0.370 e. The van der Waals surface area contributed by atoms with Gasteiger partial charge in [-0.05, 0) is 53.8 Å². The molecule has 30 heavy (non-hydrogen) atoms. The van der Waals surface area contributed by atoms with Gasteiger partial charge in [0, 0.05) is 5.39 Å². The molecule has 0 spiro atoms. The molecule has 1 aromatic heterocycles. The highest BCUT2D eigenvalue weighted by Gasteiger charge is 2.33. The summed E-state index contributed by atoms with van der Waals surface area (Å²) in [5.74, 6) is 2.53. The standard InChI is InChI=1S/C26H27N3O/c1-2-24-23(19-12-13-19)15-25(28-24)29-26-22-11-7-6-10-20(22)14-21(27-26)17-30-16-18-8-4-3-5-9-18/h3-11,14-15,19,24H,2,12-13,16-17H2,1H3,(H,27,28,29). The molecule has 0 bridgehead atoms. The van der Waals surface area contributed by atoms with Crippen LogP contribution in [0.2, 0.25) is 0 Å². The Labute approximate surface area is 177 Å². The maximum absolute atomic E-state index is 5.94. The molecule has 2 aliphatic rings. The van der Waals surface area contributed by atoms with Gasteiger partial charge in [0.15, 0.2) is 0 Å². The lowest BCUT2D eigenvalue weighted by Crippen LogP contribution is -2.11. The van der Waals surface area contributed by atoms with E-state index in [-0.39, 0.29) is 0 Å². The summed E-state index contributed by atoms with van der Waals surface area (Å²) in [5.41, 5.74) is 3.58. The first-order valence-electron chi connectivity index (χ1n) is 10.9. The third-order valence-corrected chi connectivity index (χ3v) is 5.82. The first-order chi connectivity index (χ1) is 14.8. The molecule has 4 nitrogen and oxygen atoms in total. The molecular weight excluding hydrogens is 370 g/mol. The summed E-state index contributed by atoms with van der Waals surface area (Å²) in [7, 11) is 0. The van der Waals surface area contributed by atoms with Gasteiger partial charge in [-0.25, -0.2) is 4.98 Å². The highest BCUT2D eigenvalue weighted by molar-refractivity contribution is 6.09. The molecule has 5 rings (SSSR count). The van der Waals surface area contributed by atoms with Gasteiger partial charge in [0.25, 0.3) is 0 Å². The quantitative estimate of drug-likeness (QED) is 0.541. The maximum atomic E-state index is 5.94. The van der Waals surface area contributed by atoms with Crippen molar-refractivity contribution in [3.63, 3.8) is 0 Å². The van der Waals surface area contributed by atoms with E-state index in [4.69, 9.17) is 14.7 Å². The van der Waals surface area contributed by atoms with Crippen molar-refractivity contribution >= 4 is 22.4 Å². The second-order valence-corrected chi connectivity index (χ2v) is 8.14. The second kappa shape index (κ2) is 8.41. The first-order valence-corrected chi connectivity index (χ1v) is 10.9. The number of benzene rings is 2. The molecule has 0 amide bonds. The number of nitrogens with zero attached hydrogens (tertiary/aromatic N) is 2. The predicted molar refractivity (Wildman–Crippen MR) is 123 cm³/mol. The van der Waals surface area contributed by atoms with E-state index in [0.717, 1.165) is 40.5 Å². The Balaban J connectivity index is 1.37. The highest BCUT2D eigenvalue weighted by atomic mass is 16.5. The molecule has 1 fully saturated rings. The Morgan fingerprint density at radius 1 is 1.00 bits per heavy atom. The summed E-state index contributed by atoms with van der Waals surface area (Å²) in [4.78, 5) is 9.81. The molecule has 1 atom stereocenters. The minimum absolute atomic E-state index is 0.323. The van der Waals surface area contributed by atoms with Gasteiger partial charge < -0.3 is 10.1 Å². The molecular formula is C26H27N3O. The molecule has 1 saturated carbocycles. The lowest BCUT2D eigenvalue weighted by atomic mass is 10.0. The average molecular weight is 398 g/mol. The Morgan fingerprint density at radius 3 is 2.60 bits per heavy atom. The smallest absolute Gasteiger partial charge is 0.139 e. The Kier molecular flexibility index (Phi) is 5.33. The SMILES string of the molecule is CCC1N=C(Nc2nc(COCc3ccccc3)cc3ccccc23)C=C1C1CC1. The summed E-state index contributed by atoms with van der Waals surface area (Å²) in [6.45, 7) is 3.27. The second-order valence-electron chi connectivity index (χ2n) is 8.14. The monoisotopic (exact) mass is 397 g/mol. The number of hydrogen-bond donors (Lipinski definition) is 1. The van der Waals surface area contributed by atoms with Gasteiger partial charge >= 0.3 is 0 Å². The largest absolute Gasteiger partial charge is 0.370 e. The molecule has 0 radical (unpaired) electrons. The van der Waals surface area contributed by atoms with E-state index in [1.165, 1.54) is 24.0 Å².